The van der Waals surface area contributed by atoms with Crippen LogP contribution in [0.5, 0.6) is 0 Å². The molecule has 3 nitrogen and oxygen atoms in total. The van der Waals surface area contributed by atoms with Crippen molar-refractivity contribution >= 4 is 5.82 Å². The van der Waals surface area contributed by atoms with E-state index in [0.717, 1.165) is 13.1 Å². The van der Waals surface area contributed by atoms with Crippen molar-refractivity contribution < 1.29 is 0 Å². The third kappa shape index (κ3) is 2.44. The number of hydrogen-bond donors (Lipinski definition) is 0. The van der Waals surface area contributed by atoms with Crippen molar-refractivity contribution in [2.75, 3.05) is 31.6 Å². The predicted molar refractivity (Wildman–Crippen MR) is 72.4 cm³/mol. The minimum atomic E-state index is 0.555. The van der Waals surface area contributed by atoms with Crippen LogP contribution in [0.2, 0.25) is 0 Å². The largest absolute Gasteiger partial charge is 0.357 e. The first-order valence-electron chi connectivity index (χ1n) is 6.68. The molecule has 0 N–H and O–H groups in total. The number of nitrogens with zero attached hydrogens (tertiary/aromatic N) is 3. The predicted octanol–water partition coefficient (Wildman–Crippen LogP) is 2.69. The summed E-state index contributed by atoms with van der Waals surface area (Å²) in [5, 5.41) is 0. The second kappa shape index (κ2) is 5.50. The molecule has 2 rings (SSSR count). The Morgan fingerprint density at radius 2 is 2.18 bits per heavy atom. The lowest BCUT2D eigenvalue weighted by Gasteiger charge is -2.27. The Kier molecular flexibility index (Phi) is 4.00. The molecule has 3 heteroatoms. The summed E-state index contributed by atoms with van der Waals surface area (Å²) in [6, 6.07) is 4.86. The maximum absolute atomic E-state index is 4.60. The zero-order chi connectivity index (χ0) is 12.3. The van der Waals surface area contributed by atoms with E-state index in [1.807, 2.05) is 6.20 Å². The van der Waals surface area contributed by atoms with Crippen LogP contribution in [0.1, 0.15) is 38.3 Å². The highest BCUT2D eigenvalue weighted by atomic mass is 15.2. The molecule has 0 radical (unpaired) electrons. The van der Waals surface area contributed by atoms with Crippen molar-refractivity contribution in [3.63, 3.8) is 0 Å². The van der Waals surface area contributed by atoms with Crippen LogP contribution in [0, 0.1) is 0 Å². The minimum absolute atomic E-state index is 0.555. The van der Waals surface area contributed by atoms with Crippen molar-refractivity contribution in [3.05, 3.63) is 23.9 Å². The van der Waals surface area contributed by atoms with Gasteiger partial charge in [0, 0.05) is 30.9 Å². The summed E-state index contributed by atoms with van der Waals surface area (Å²) in [7, 11) is 2.22. The quantitative estimate of drug-likeness (QED) is 0.797. The fourth-order valence-electron chi connectivity index (χ4n) is 2.76. The van der Waals surface area contributed by atoms with Crippen molar-refractivity contribution in [1.82, 2.24) is 9.88 Å². The van der Waals surface area contributed by atoms with E-state index >= 15 is 0 Å². The molecule has 1 aromatic heterocycles. The molecular formula is C14H23N3. The summed E-state index contributed by atoms with van der Waals surface area (Å²) in [5.41, 5.74) is 1.40. The lowest BCUT2D eigenvalue weighted by atomic mass is 10.1. The summed E-state index contributed by atoms with van der Waals surface area (Å²) in [5.74, 6) is 1.18. The van der Waals surface area contributed by atoms with Crippen LogP contribution in [-0.4, -0.2) is 36.6 Å². The van der Waals surface area contributed by atoms with E-state index in [-0.39, 0.29) is 0 Å². The summed E-state index contributed by atoms with van der Waals surface area (Å²) in [4.78, 5) is 9.40. The number of likely N-dealkylation sites (tertiary alicyclic amines) is 1. The molecule has 0 aliphatic carbocycles. The molecule has 0 saturated carbocycles. The van der Waals surface area contributed by atoms with Crippen LogP contribution in [0.4, 0.5) is 5.82 Å². The van der Waals surface area contributed by atoms with Gasteiger partial charge in [0.15, 0.2) is 0 Å². The Morgan fingerprint density at radius 3 is 2.76 bits per heavy atom. The Balaban J connectivity index is 2.32. The van der Waals surface area contributed by atoms with E-state index in [1.54, 1.807) is 0 Å². The molecule has 1 unspecified atom stereocenters. The first-order chi connectivity index (χ1) is 8.27. The summed E-state index contributed by atoms with van der Waals surface area (Å²) in [6.45, 7) is 7.64. The van der Waals surface area contributed by atoms with Gasteiger partial charge in [0.2, 0.25) is 0 Å². The van der Waals surface area contributed by atoms with E-state index in [2.05, 4.69) is 47.8 Å². The maximum atomic E-state index is 4.60. The van der Waals surface area contributed by atoms with E-state index in [4.69, 9.17) is 0 Å². The Morgan fingerprint density at radius 1 is 1.41 bits per heavy atom. The molecule has 1 atom stereocenters. The minimum Gasteiger partial charge on any atom is -0.357 e. The van der Waals surface area contributed by atoms with Gasteiger partial charge in [-0.2, -0.15) is 0 Å². The van der Waals surface area contributed by atoms with E-state index in [9.17, 15) is 0 Å². The van der Waals surface area contributed by atoms with Crippen LogP contribution in [0.3, 0.4) is 0 Å². The Bertz CT molecular complexity index is 360. The molecule has 0 spiro atoms. The van der Waals surface area contributed by atoms with Gasteiger partial charge in [0.1, 0.15) is 5.82 Å². The SMILES string of the molecule is CCN(CC)c1ncccc1C1CCCN1C. The number of aromatic nitrogens is 1. The van der Waals surface area contributed by atoms with Crippen molar-refractivity contribution in [2.24, 2.45) is 0 Å². The molecule has 1 aliphatic rings. The molecule has 94 valence electrons. The van der Waals surface area contributed by atoms with Gasteiger partial charge in [0.25, 0.3) is 0 Å². The molecule has 2 heterocycles. The van der Waals surface area contributed by atoms with Crippen LogP contribution < -0.4 is 4.90 Å². The summed E-state index contributed by atoms with van der Waals surface area (Å²) < 4.78 is 0. The summed E-state index contributed by atoms with van der Waals surface area (Å²) >= 11 is 0. The highest BCUT2D eigenvalue weighted by Gasteiger charge is 2.26. The topological polar surface area (TPSA) is 19.4 Å². The molecular weight excluding hydrogens is 210 g/mol. The van der Waals surface area contributed by atoms with Crippen molar-refractivity contribution in [3.8, 4) is 0 Å². The fourth-order valence-corrected chi connectivity index (χ4v) is 2.76. The monoisotopic (exact) mass is 233 g/mol. The van der Waals surface area contributed by atoms with E-state index in [1.165, 1.54) is 30.8 Å². The second-order valence-corrected chi connectivity index (χ2v) is 4.73. The first kappa shape index (κ1) is 12.4. The number of rotatable bonds is 4. The van der Waals surface area contributed by atoms with Gasteiger partial charge >= 0.3 is 0 Å². The second-order valence-electron chi connectivity index (χ2n) is 4.73. The third-order valence-electron chi connectivity index (χ3n) is 3.76. The lowest BCUT2D eigenvalue weighted by molar-refractivity contribution is 0.317. The number of pyridine rings is 1. The van der Waals surface area contributed by atoms with Gasteiger partial charge < -0.3 is 4.90 Å². The van der Waals surface area contributed by atoms with Gasteiger partial charge in [-0.1, -0.05) is 6.07 Å². The lowest BCUT2D eigenvalue weighted by Crippen LogP contribution is -2.27. The van der Waals surface area contributed by atoms with Gasteiger partial charge in [-0.3, -0.25) is 4.90 Å². The zero-order valence-corrected chi connectivity index (χ0v) is 11.2. The normalized spacial score (nSPS) is 20.8. The maximum Gasteiger partial charge on any atom is 0.133 e. The van der Waals surface area contributed by atoms with Crippen LogP contribution in [0.25, 0.3) is 0 Å². The first-order valence-corrected chi connectivity index (χ1v) is 6.68. The van der Waals surface area contributed by atoms with Crippen LogP contribution in [0.15, 0.2) is 18.3 Å². The molecule has 17 heavy (non-hydrogen) atoms. The molecule has 0 bridgehead atoms. The molecule has 0 amide bonds. The van der Waals surface area contributed by atoms with Crippen molar-refractivity contribution in [1.29, 1.82) is 0 Å². The molecule has 1 aromatic rings. The van der Waals surface area contributed by atoms with Gasteiger partial charge in [0.05, 0.1) is 0 Å². The smallest absolute Gasteiger partial charge is 0.133 e. The van der Waals surface area contributed by atoms with E-state index in [0.29, 0.717) is 6.04 Å². The third-order valence-corrected chi connectivity index (χ3v) is 3.76. The zero-order valence-electron chi connectivity index (χ0n) is 11.2. The number of hydrogen-bond acceptors (Lipinski definition) is 3. The molecule has 0 aromatic carbocycles. The number of anilines is 1. The average Bonchev–Trinajstić information content (AvgIpc) is 2.78. The van der Waals surface area contributed by atoms with Gasteiger partial charge in [-0.05, 0) is 46.3 Å². The van der Waals surface area contributed by atoms with E-state index < -0.39 is 0 Å². The summed E-state index contributed by atoms with van der Waals surface area (Å²) in [6.07, 6.45) is 4.47. The molecule has 1 aliphatic heterocycles. The van der Waals surface area contributed by atoms with Crippen LogP contribution >= 0.6 is 0 Å². The van der Waals surface area contributed by atoms with Crippen LogP contribution in [-0.2, 0) is 0 Å². The Hall–Kier alpha value is -1.09. The highest BCUT2D eigenvalue weighted by molar-refractivity contribution is 5.48. The fraction of sp³-hybridized carbons (Fsp3) is 0.643. The van der Waals surface area contributed by atoms with Gasteiger partial charge in [-0.15, -0.1) is 0 Å². The molecule has 1 saturated heterocycles. The standard InChI is InChI=1S/C14H23N3/c1-4-17(5-2)14-12(8-6-10-15-14)13-9-7-11-16(13)3/h6,8,10,13H,4-5,7,9,11H2,1-3H3. The Labute approximate surface area is 104 Å². The van der Waals surface area contributed by atoms with Gasteiger partial charge in [-0.25, -0.2) is 4.98 Å². The highest BCUT2D eigenvalue weighted by Crippen LogP contribution is 2.34. The average molecular weight is 233 g/mol. The van der Waals surface area contributed by atoms with Crippen molar-refractivity contribution in [2.45, 2.75) is 32.7 Å². The molecule has 1 fully saturated rings.